The first-order chi connectivity index (χ1) is 10.1. The maximum Gasteiger partial charge on any atom is 0.271 e. The van der Waals surface area contributed by atoms with Crippen molar-refractivity contribution in [3.63, 3.8) is 0 Å². The average molecular weight is 349 g/mol. The van der Waals surface area contributed by atoms with E-state index in [2.05, 4.69) is 36.5 Å². The number of rotatable bonds is 5. The zero-order chi connectivity index (χ0) is 15.2. The summed E-state index contributed by atoms with van der Waals surface area (Å²) in [4.78, 5) is 20.1. The molecular formula is C15H17BrN4O. The molecule has 1 heterocycles. The lowest BCUT2D eigenvalue weighted by atomic mass is 10.2. The summed E-state index contributed by atoms with van der Waals surface area (Å²) < 4.78 is 1.03. The van der Waals surface area contributed by atoms with Gasteiger partial charge in [0, 0.05) is 16.7 Å². The normalized spacial score (nSPS) is 10.2. The Morgan fingerprint density at radius 1 is 1.29 bits per heavy atom. The predicted octanol–water partition coefficient (Wildman–Crippen LogP) is 3.43. The molecule has 0 aliphatic rings. The average Bonchev–Trinajstić information content (AvgIpc) is 2.48. The highest BCUT2D eigenvalue weighted by molar-refractivity contribution is 9.10. The fraction of sp³-hybridized carbons (Fsp3) is 0.267. The number of carbonyl (C=O) groups is 1. The van der Waals surface area contributed by atoms with Gasteiger partial charge in [0.05, 0.1) is 12.4 Å². The summed E-state index contributed by atoms with van der Waals surface area (Å²) in [6, 6.07) is 5.93. The molecule has 0 saturated carbocycles. The Morgan fingerprint density at radius 2 is 2.10 bits per heavy atom. The Kier molecular flexibility index (Phi) is 5.27. The van der Waals surface area contributed by atoms with Gasteiger partial charge in [0.2, 0.25) is 0 Å². The molecule has 2 N–H and O–H groups in total. The van der Waals surface area contributed by atoms with Crippen molar-refractivity contribution in [3.8, 4) is 0 Å². The van der Waals surface area contributed by atoms with Crippen molar-refractivity contribution < 1.29 is 4.79 Å². The molecule has 0 spiro atoms. The molecule has 110 valence electrons. The topological polar surface area (TPSA) is 66.9 Å². The molecule has 0 aliphatic carbocycles. The van der Waals surface area contributed by atoms with E-state index in [4.69, 9.17) is 0 Å². The predicted molar refractivity (Wildman–Crippen MR) is 86.8 cm³/mol. The van der Waals surface area contributed by atoms with Crippen LogP contribution in [0.3, 0.4) is 0 Å². The van der Waals surface area contributed by atoms with Gasteiger partial charge in [-0.25, -0.2) is 9.97 Å². The quantitative estimate of drug-likeness (QED) is 0.868. The number of hydrogen-bond donors (Lipinski definition) is 2. The van der Waals surface area contributed by atoms with Crippen molar-refractivity contribution in [2.45, 2.75) is 20.3 Å². The zero-order valence-electron chi connectivity index (χ0n) is 12.0. The molecule has 0 aliphatic heterocycles. The number of aryl methyl sites for hydroxylation is 1. The summed E-state index contributed by atoms with van der Waals surface area (Å²) in [6.07, 6.45) is 3.92. The Labute approximate surface area is 132 Å². The summed E-state index contributed by atoms with van der Waals surface area (Å²) in [5.74, 6) is 0.406. The van der Waals surface area contributed by atoms with Gasteiger partial charge in [-0.05, 0) is 37.1 Å². The van der Waals surface area contributed by atoms with Gasteiger partial charge in [-0.15, -0.1) is 0 Å². The minimum absolute atomic E-state index is 0.198. The molecule has 0 saturated heterocycles. The molecule has 0 fully saturated rings. The largest absolute Gasteiger partial charge is 0.351 e. The molecule has 0 radical (unpaired) electrons. The molecule has 1 aromatic carbocycles. The van der Waals surface area contributed by atoms with Crippen LogP contribution in [0.4, 0.5) is 11.5 Å². The number of halogens is 1. The number of benzene rings is 1. The molecular weight excluding hydrogens is 332 g/mol. The molecule has 0 unspecified atom stereocenters. The Bertz CT molecular complexity index is 628. The van der Waals surface area contributed by atoms with Gasteiger partial charge < -0.3 is 10.6 Å². The van der Waals surface area contributed by atoms with Crippen LogP contribution in [0.2, 0.25) is 0 Å². The molecule has 2 aromatic rings. The minimum Gasteiger partial charge on any atom is -0.351 e. The van der Waals surface area contributed by atoms with Crippen LogP contribution in [0.25, 0.3) is 0 Å². The highest BCUT2D eigenvalue weighted by Gasteiger charge is 2.07. The van der Waals surface area contributed by atoms with Gasteiger partial charge in [0.15, 0.2) is 0 Å². The fourth-order valence-electron chi connectivity index (χ4n) is 1.74. The van der Waals surface area contributed by atoms with Crippen molar-refractivity contribution in [1.29, 1.82) is 0 Å². The third-order valence-electron chi connectivity index (χ3n) is 2.87. The van der Waals surface area contributed by atoms with Gasteiger partial charge in [0.1, 0.15) is 11.5 Å². The van der Waals surface area contributed by atoms with Crippen molar-refractivity contribution in [3.05, 3.63) is 46.3 Å². The lowest BCUT2D eigenvalue weighted by molar-refractivity contribution is 0.0948. The maximum atomic E-state index is 11.7. The van der Waals surface area contributed by atoms with E-state index < -0.39 is 0 Å². The van der Waals surface area contributed by atoms with Gasteiger partial charge in [-0.3, -0.25) is 4.79 Å². The van der Waals surface area contributed by atoms with Gasteiger partial charge in [-0.1, -0.05) is 22.9 Å². The first-order valence-corrected chi connectivity index (χ1v) is 7.53. The van der Waals surface area contributed by atoms with E-state index >= 15 is 0 Å². The summed E-state index contributed by atoms with van der Waals surface area (Å²) in [5, 5.41) is 5.95. The number of anilines is 2. The Balaban J connectivity index is 2.07. The van der Waals surface area contributed by atoms with E-state index in [-0.39, 0.29) is 5.91 Å². The van der Waals surface area contributed by atoms with E-state index in [1.807, 2.05) is 32.0 Å². The molecule has 5 nitrogen and oxygen atoms in total. The lowest BCUT2D eigenvalue weighted by Crippen LogP contribution is -2.25. The van der Waals surface area contributed by atoms with Gasteiger partial charge in [-0.2, -0.15) is 0 Å². The number of carbonyl (C=O) groups excluding carboxylic acids is 1. The number of amides is 1. The van der Waals surface area contributed by atoms with E-state index in [1.165, 1.54) is 6.20 Å². The summed E-state index contributed by atoms with van der Waals surface area (Å²) >= 11 is 3.43. The van der Waals surface area contributed by atoms with Crippen molar-refractivity contribution in [1.82, 2.24) is 15.3 Å². The third-order valence-corrected chi connectivity index (χ3v) is 3.36. The van der Waals surface area contributed by atoms with Crippen LogP contribution in [0, 0.1) is 6.92 Å². The first-order valence-electron chi connectivity index (χ1n) is 6.73. The Morgan fingerprint density at radius 3 is 2.71 bits per heavy atom. The molecule has 1 amide bonds. The van der Waals surface area contributed by atoms with Crippen molar-refractivity contribution in [2.24, 2.45) is 0 Å². The van der Waals surface area contributed by atoms with Crippen LogP contribution in [-0.4, -0.2) is 22.4 Å². The Hall–Kier alpha value is -1.95. The molecule has 0 bridgehead atoms. The molecule has 1 aromatic heterocycles. The van der Waals surface area contributed by atoms with Crippen LogP contribution >= 0.6 is 15.9 Å². The third kappa shape index (κ3) is 4.26. The van der Waals surface area contributed by atoms with Gasteiger partial charge in [0.25, 0.3) is 5.91 Å². The van der Waals surface area contributed by atoms with Crippen molar-refractivity contribution >= 4 is 33.3 Å². The van der Waals surface area contributed by atoms with E-state index in [9.17, 15) is 4.79 Å². The fourth-order valence-corrected chi connectivity index (χ4v) is 2.22. The van der Waals surface area contributed by atoms with Gasteiger partial charge >= 0.3 is 0 Å². The summed E-state index contributed by atoms with van der Waals surface area (Å²) in [7, 11) is 0. The van der Waals surface area contributed by atoms with Crippen LogP contribution in [0.1, 0.15) is 29.4 Å². The number of aromatic nitrogens is 2. The minimum atomic E-state index is -0.198. The second kappa shape index (κ2) is 7.17. The molecule has 2 rings (SSSR count). The van der Waals surface area contributed by atoms with E-state index in [0.29, 0.717) is 18.1 Å². The molecule has 0 atom stereocenters. The number of hydrogen-bond acceptors (Lipinski definition) is 4. The SMILES string of the molecule is CCCNC(=O)c1cnc(Nc2ccc(Br)cc2C)cn1. The monoisotopic (exact) mass is 348 g/mol. The highest BCUT2D eigenvalue weighted by Crippen LogP contribution is 2.22. The van der Waals surface area contributed by atoms with Crippen LogP contribution in [0.15, 0.2) is 35.1 Å². The number of nitrogens with zero attached hydrogens (tertiary/aromatic N) is 2. The summed E-state index contributed by atoms with van der Waals surface area (Å²) in [5.41, 5.74) is 2.37. The number of nitrogens with one attached hydrogen (secondary N) is 2. The first kappa shape index (κ1) is 15.4. The molecule has 6 heteroatoms. The summed E-state index contributed by atoms with van der Waals surface area (Å²) in [6.45, 7) is 4.64. The standard InChI is InChI=1S/C15H17BrN4O/c1-3-6-17-15(21)13-8-19-14(9-18-13)20-12-5-4-11(16)7-10(12)2/h4-5,7-9H,3,6H2,1-2H3,(H,17,21)(H,19,20). The van der Waals surface area contributed by atoms with Crippen LogP contribution in [-0.2, 0) is 0 Å². The second-order valence-electron chi connectivity index (χ2n) is 4.63. The molecule has 21 heavy (non-hydrogen) atoms. The van der Waals surface area contributed by atoms with E-state index in [0.717, 1.165) is 22.1 Å². The lowest BCUT2D eigenvalue weighted by Gasteiger charge is -2.09. The van der Waals surface area contributed by atoms with E-state index in [1.54, 1.807) is 6.20 Å². The maximum absolute atomic E-state index is 11.7. The van der Waals surface area contributed by atoms with Crippen LogP contribution in [0.5, 0.6) is 0 Å². The zero-order valence-corrected chi connectivity index (χ0v) is 13.6. The van der Waals surface area contributed by atoms with Crippen molar-refractivity contribution in [2.75, 3.05) is 11.9 Å². The smallest absolute Gasteiger partial charge is 0.271 e. The second-order valence-corrected chi connectivity index (χ2v) is 5.54. The highest BCUT2D eigenvalue weighted by atomic mass is 79.9. The van der Waals surface area contributed by atoms with Crippen LogP contribution < -0.4 is 10.6 Å².